The van der Waals surface area contributed by atoms with Crippen LogP contribution >= 0.6 is 11.3 Å². The number of hydrogen-bond donors (Lipinski definition) is 1. The van der Waals surface area contributed by atoms with E-state index >= 15 is 0 Å². The number of carbonyl (C=O) groups is 1. The van der Waals surface area contributed by atoms with Gasteiger partial charge in [0.15, 0.2) is 10.8 Å². The van der Waals surface area contributed by atoms with E-state index in [1.807, 2.05) is 29.3 Å². The zero-order valence-electron chi connectivity index (χ0n) is 14.0. The Bertz CT molecular complexity index is 720. The fraction of sp³-hybridized carbons (Fsp3) is 0.556. The van der Waals surface area contributed by atoms with Crippen molar-refractivity contribution in [1.82, 2.24) is 15.2 Å². The van der Waals surface area contributed by atoms with Crippen molar-refractivity contribution in [3.05, 3.63) is 29.0 Å². The van der Waals surface area contributed by atoms with Crippen molar-refractivity contribution in [1.29, 1.82) is 0 Å². The molecule has 4 heterocycles. The smallest absolute Gasteiger partial charge is 0.228 e. The van der Waals surface area contributed by atoms with E-state index in [-0.39, 0.29) is 5.91 Å². The zero-order chi connectivity index (χ0) is 16.6. The maximum Gasteiger partial charge on any atom is 0.228 e. The number of nitrogens with zero attached hydrogens (tertiary/aromatic N) is 2. The van der Waals surface area contributed by atoms with E-state index in [9.17, 15) is 4.79 Å². The number of rotatable bonds is 3. The van der Waals surface area contributed by atoms with Crippen LogP contribution in [0.15, 0.2) is 21.9 Å². The van der Waals surface area contributed by atoms with E-state index in [2.05, 4.69) is 10.3 Å². The Hall–Kier alpha value is -1.66. The van der Waals surface area contributed by atoms with Crippen molar-refractivity contribution in [2.24, 2.45) is 5.41 Å². The Morgan fingerprint density at radius 1 is 1.38 bits per heavy atom. The largest absolute Gasteiger partial charge is 0.459 e. The molecule has 1 amide bonds. The molecule has 0 aliphatic carbocycles. The monoisotopic (exact) mass is 345 g/mol. The van der Waals surface area contributed by atoms with Crippen molar-refractivity contribution in [3.8, 4) is 10.8 Å². The summed E-state index contributed by atoms with van der Waals surface area (Å²) in [6.07, 6.45) is 3.90. The van der Waals surface area contributed by atoms with Crippen molar-refractivity contribution in [3.63, 3.8) is 0 Å². The molecule has 2 aliphatic heterocycles. The molecule has 2 aromatic rings. The molecular weight excluding hydrogens is 322 g/mol. The number of hydrogen-bond acceptors (Lipinski definition) is 5. The summed E-state index contributed by atoms with van der Waals surface area (Å²) in [4.78, 5) is 19.2. The first-order valence-electron chi connectivity index (χ1n) is 8.63. The molecule has 128 valence electrons. The summed E-state index contributed by atoms with van der Waals surface area (Å²) >= 11 is 1.54. The molecule has 0 bridgehead atoms. The predicted molar refractivity (Wildman–Crippen MR) is 94.0 cm³/mol. The SMILES string of the molecule is Cc1ccc(-c2nc(CC(=O)N3CCC4(CCNC4)CC3)cs2)o1. The van der Waals surface area contributed by atoms with Crippen LogP contribution in [0.1, 0.15) is 30.7 Å². The first-order valence-corrected chi connectivity index (χ1v) is 9.51. The van der Waals surface area contributed by atoms with Crippen LogP contribution < -0.4 is 5.32 Å². The summed E-state index contributed by atoms with van der Waals surface area (Å²) in [5.74, 6) is 1.86. The van der Waals surface area contributed by atoms with E-state index in [4.69, 9.17) is 4.42 Å². The minimum atomic E-state index is 0.197. The Kier molecular flexibility index (Phi) is 4.18. The molecule has 0 saturated carbocycles. The first-order chi connectivity index (χ1) is 11.6. The summed E-state index contributed by atoms with van der Waals surface area (Å²) in [7, 11) is 0. The number of furan rings is 1. The summed E-state index contributed by atoms with van der Waals surface area (Å²) in [6, 6.07) is 3.86. The molecule has 24 heavy (non-hydrogen) atoms. The number of thiazole rings is 1. The van der Waals surface area contributed by atoms with Gasteiger partial charge >= 0.3 is 0 Å². The second-order valence-electron chi connectivity index (χ2n) is 7.04. The third-order valence-electron chi connectivity index (χ3n) is 5.34. The molecular formula is C18H23N3O2S. The average molecular weight is 345 g/mol. The number of nitrogens with one attached hydrogen (secondary N) is 1. The lowest BCUT2D eigenvalue weighted by Gasteiger charge is -2.38. The molecule has 1 spiro atoms. The Morgan fingerprint density at radius 3 is 2.88 bits per heavy atom. The molecule has 0 aromatic carbocycles. The first kappa shape index (κ1) is 15.8. The van der Waals surface area contributed by atoms with Gasteiger partial charge in [-0.2, -0.15) is 0 Å². The average Bonchev–Trinajstić information content (AvgIpc) is 3.30. The second-order valence-corrected chi connectivity index (χ2v) is 7.90. The van der Waals surface area contributed by atoms with Gasteiger partial charge in [-0.05, 0) is 50.3 Å². The maximum absolute atomic E-state index is 12.6. The molecule has 2 saturated heterocycles. The van der Waals surface area contributed by atoms with Crippen LogP contribution in [0, 0.1) is 12.3 Å². The van der Waals surface area contributed by atoms with E-state index in [0.29, 0.717) is 11.8 Å². The fourth-order valence-corrected chi connectivity index (χ4v) is 4.55. The second kappa shape index (κ2) is 6.33. The Balaban J connectivity index is 1.36. The molecule has 0 radical (unpaired) electrons. The van der Waals surface area contributed by atoms with Crippen LogP contribution in [-0.4, -0.2) is 42.0 Å². The molecule has 2 fully saturated rings. The predicted octanol–water partition coefficient (Wildman–Crippen LogP) is 2.86. The number of likely N-dealkylation sites (tertiary alicyclic amines) is 1. The molecule has 2 aromatic heterocycles. The summed E-state index contributed by atoms with van der Waals surface area (Å²) in [5.41, 5.74) is 1.29. The van der Waals surface area contributed by atoms with Crippen molar-refractivity contribution in [2.45, 2.75) is 32.6 Å². The molecule has 5 nitrogen and oxygen atoms in total. The van der Waals surface area contributed by atoms with Crippen LogP contribution in [0.3, 0.4) is 0 Å². The topological polar surface area (TPSA) is 58.4 Å². The third kappa shape index (κ3) is 3.13. The highest BCUT2D eigenvalue weighted by atomic mass is 32.1. The molecule has 0 atom stereocenters. The fourth-order valence-electron chi connectivity index (χ4n) is 3.77. The quantitative estimate of drug-likeness (QED) is 0.929. The van der Waals surface area contributed by atoms with Gasteiger partial charge in [0.1, 0.15) is 5.76 Å². The highest BCUT2D eigenvalue weighted by molar-refractivity contribution is 7.13. The van der Waals surface area contributed by atoms with Gasteiger partial charge in [-0.1, -0.05) is 0 Å². The van der Waals surface area contributed by atoms with Gasteiger partial charge < -0.3 is 14.6 Å². The standard InChI is InChI=1S/C18H23N3O2S/c1-13-2-3-15(23-13)17-20-14(11-24-17)10-16(22)21-8-5-18(6-9-21)4-7-19-12-18/h2-3,11,19H,4-10,12H2,1H3. The van der Waals surface area contributed by atoms with Crippen LogP contribution in [-0.2, 0) is 11.2 Å². The van der Waals surface area contributed by atoms with Gasteiger partial charge in [0.25, 0.3) is 0 Å². The summed E-state index contributed by atoms with van der Waals surface area (Å²) < 4.78 is 5.60. The minimum Gasteiger partial charge on any atom is -0.459 e. The van der Waals surface area contributed by atoms with E-state index in [1.165, 1.54) is 17.8 Å². The van der Waals surface area contributed by atoms with Crippen LogP contribution in [0.2, 0.25) is 0 Å². The summed E-state index contributed by atoms with van der Waals surface area (Å²) in [5, 5.41) is 6.28. The van der Waals surface area contributed by atoms with Crippen LogP contribution in [0.4, 0.5) is 0 Å². The van der Waals surface area contributed by atoms with E-state index < -0.39 is 0 Å². The molecule has 0 unspecified atom stereocenters. The van der Waals surface area contributed by atoms with Crippen LogP contribution in [0.5, 0.6) is 0 Å². The Morgan fingerprint density at radius 2 is 2.21 bits per heavy atom. The normalized spacial score (nSPS) is 20.0. The van der Waals surface area contributed by atoms with Gasteiger partial charge in [0, 0.05) is 25.0 Å². The van der Waals surface area contributed by atoms with E-state index in [1.54, 1.807) is 0 Å². The van der Waals surface area contributed by atoms with Gasteiger partial charge in [-0.15, -0.1) is 11.3 Å². The number of aryl methyl sites for hydroxylation is 1. The van der Waals surface area contributed by atoms with Crippen molar-refractivity contribution < 1.29 is 9.21 Å². The Labute approximate surface area is 146 Å². The van der Waals surface area contributed by atoms with E-state index in [0.717, 1.165) is 61.2 Å². The zero-order valence-corrected chi connectivity index (χ0v) is 14.8. The minimum absolute atomic E-state index is 0.197. The number of carbonyl (C=O) groups excluding carboxylic acids is 1. The summed E-state index contributed by atoms with van der Waals surface area (Å²) in [6.45, 7) is 5.93. The lowest BCUT2D eigenvalue weighted by atomic mass is 9.78. The highest BCUT2D eigenvalue weighted by Gasteiger charge is 2.38. The highest BCUT2D eigenvalue weighted by Crippen LogP contribution is 2.37. The number of piperidine rings is 1. The van der Waals surface area contributed by atoms with Gasteiger partial charge in [0.05, 0.1) is 12.1 Å². The van der Waals surface area contributed by atoms with Gasteiger partial charge in [-0.25, -0.2) is 4.98 Å². The lowest BCUT2D eigenvalue weighted by Crippen LogP contribution is -2.44. The van der Waals surface area contributed by atoms with Gasteiger partial charge in [-0.3, -0.25) is 4.79 Å². The molecule has 1 N–H and O–H groups in total. The van der Waals surface area contributed by atoms with Crippen molar-refractivity contribution in [2.75, 3.05) is 26.2 Å². The van der Waals surface area contributed by atoms with Gasteiger partial charge in [0.2, 0.25) is 5.91 Å². The number of amides is 1. The van der Waals surface area contributed by atoms with Crippen molar-refractivity contribution >= 4 is 17.2 Å². The molecule has 4 rings (SSSR count). The van der Waals surface area contributed by atoms with Crippen LogP contribution in [0.25, 0.3) is 10.8 Å². The number of aromatic nitrogens is 1. The molecule has 2 aliphatic rings. The third-order valence-corrected chi connectivity index (χ3v) is 6.25. The lowest BCUT2D eigenvalue weighted by molar-refractivity contribution is -0.132. The molecule has 6 heteroatoms. The maximum atomic E-state index is 12.6.